The lowest BCUT2D eigenvalue weighted by Gasteiger charge is -2.21. The molecule has 0 amide bonds. The highest BCUT2D eigenvalue weighted by atomic mass is 32.2. The van der Waals surface area contributed by atoms with Crippen LogP contribution in [-0.2, 0) is 0 Å². The minimum Gasteiger partial charge on any atom is -0.394 e. The summed E-state index contributed by atoms with van der Waals surface area (Å²) in [4.78, 5) is 1.30. The van der Waals surface area contributed by atoms with Gasteiger partial charge in [0.15, 0.2) is 0 Å². The average Bonchev–Trinajstić information content (AvgIpc) is 2.21. The van der Waals surface area contributed by atoms with E-state index >= 15 is 0 Å². The third kappa shape index (κ3) is 4.16. The summed E-state index contributed by atoms with van der Waals surface area (Å²) in [6, 6.07) is 6.47. The molecule has 1 unspecified atom stereocenters. The second-order valence-corrected chi connectivity index (χ2v) is 5.82. The summed E-state index contributed by atoms with van der Waals surface area (Å²) >= 11 is 1.81. The van der Waals surface area contributed by atoms with Gasteiger partial charge in [-0.05, 0) is 44.6 Å². The highest BCUT2D eigenvalue weighted by Gasteiger charge is 2.16. The van der Waals surface area contributed by atoms with E-state index in [9.17, 15) is 0 Å². The summed E-state index contributed by atoms with van der Waals surface area (Å²) in [5.41, 5.74) is 8.03. The summed E-state index contributed by atoms with van der Waals surface area (Å²) in [5, 5.41) is 9.05. The highest BCUT2D eigenvalue weighted by Crippen LogP contribution is 2.25. The second kappa shape index (κ2) is 5.71. The standard InChI is InChI=1S/C13H21NOS/c1-10-4-5-12(11(2)8-10)16-7-6-13(3,14)9-15/h4-5,8,15H,6-7,9,14H2,1-3H3. The molecule has 0 saturated carbocycles. The average molecular weight is 239 g/mol. The lowest BCUT2D eigenvalue weighted by Crippen LogP contribution is -2.40. The number of aryl methyl sites for hydroxylation is 2. The second-order valence-electron chi connectivity index (χ2n) is 4.68. The van der Waals surface area contributed by atoms with Gasteiger partial charge in [0.25, 0.3) is 0 Å². The summed E-state index contributed by atoms with van der Waals surface area (Å²) in [5.74, 6) is 0.942. The number of aliphatic hydroxyl groups is 1. The molecular weight excluding hydrogens is 218 g/mol. The van der Waals surface area contributed by atoms with Crippen LogP contribution in [0.4, 0.5) is 0 Å². The van der Waals surface area contributed by atoms with Gasteiger partial charge in [-0.1, -0.05) is 17.7 Å². The van der Waals surface area contributed by atoms with Gasteiger partial charge in [-0.3, -0.25) is 0 Å². The van der Waals surface area contributed by atoms with Crippen LogP contribution < -0.4 is 5.73 Å². The summed E-state index contributed by atoms with van der Waals surface area (Å²) in [7, 11) is 0. The number of aliphatic hydroxyl groups excluding tert-OH is 1. The van der Waals surface area contributed by atoms with Gasteiger partial charge in [-0.15, -0.1) is 11.8 Å². The van der Waals surface area contributed by atoms with Crippen LogP contribution in [0.2, 0.25) is 0 Å². The van der Waals surface area contributed by atoms with Crippen LogP contribution in [0.25, 0.3) is 0 Å². The predicted molar refractivity (Wildman–Crippen MR) is 70.9 cm³/mol. The largest absolute Gasteiger partial charge is 0.394 e. The van der Waals surface area contributed by atoms with Crippen molar-refractivity contribution in [3.8, 4) is 0 Å². The predicted octanol–water partition coefficient (Wildman–Crippen LogP) is 2.50. The van der Waals surface area contributed by atoms with Crippen molar-refractivity contribution in [2.75, 3.05) is 12.4 Å². The first-order chi connectivity index (χ1) is 7.44. The SMILES string of the molecule is Cc1ccc(SCCC(C)(N)CO)c(C)c1. The molecule has 0 fully saturated rings. The van der Waals surface area contributed by atoms with E-state index in [0.29, 0.717) is 0 Å². The maximum Gasteiger partial charge on any atom is 0.0608 e. The van der Waals surface area contributed by atoms with Gasteiger partial charge in [0, 0.05) is 10.4 Å². The zero-order chi connectivity index (χ0) is 12.2. The summed E-state index contributed by atoms with van der Waals surface area (Å²) < 4.78 is 0. The highest BCUT2D eigenvalue weighted by molar-refractivity contribution is 7.99. The fourth-order valence-electron chi connectivity index (χ4n) is 1.43. The van der Waals surface area contributed by atoms with Gasteiger partial charge in [-0.2, -0.15) is 0 Å². The van der Waals surface area contributed by atoms with E-state index in [2.05, 4.69) is 32.0 Å². The molecular formula is C13H21NOS. The quantitative estimate of drug-likeness (QED) is 0.776. The van der Waals surface area contributed by atoms with Crippen molar-refractivity contribution in [1.82, 2.24) is 0 Å². The maximum atomic E-state index is 9.05. The molecule has 1 aromatic carbocycles. The number of hydrogen-bond donors (Lipinski definition) is 2. The molecule has 3 heteroatoms. The Labute approximate surface area is 102 Å². The van der Waals surface area contributed by atoms with E-state index < -0.39 is 5.54 Å². The van der Waals surface area contributed by atoms with Gasteiger partial charge in [0.1, 0.15) is 0 Å². The third-order valence-corrected chi connectivity index (χ3v) is 3.80. The van der Waals surface area contributed by atoms with Crippen LogP contribution in [0.15, 0.2) is 23.1 Å². The molecule has 0 heterocycles. The minimum atomic E-state index is -0.453. The Kier molecular flexibility index (Phi) is 4.84. The van der Waals surface area contributed by atoms with Crippen molar-refractivity contribution in [1.29, 1.82) is 0 Å². The van der Waals surface area contributed by atoms with Crippen molar-refractivity contribution in [2.45, 2.75) is 37.6 Å². The molecule has 3 N–H and O–H groups in total. The fourth-order valence-corrected chi connectivity index (χ4v) is 2.67. The molecule has 2 nitrogen and oxygen atoms in total. The molecule has 1 atom stereocenters. The summed E-state index contributed by atoms with van der Waals surface area (Å²) in [6.45, 7) is 6.16. The van der Waals surface area contributed by atoms with E-state index in [1.165, 1.54) is 16.0 Å². The summed E-state index contributed by atoms with van der Waals surface area (Å²) in [6.07, 6.45) is 0.821. The lowest BCUT2D eigenvalue weighted by molar-refractivity contribution is 0.206. The molecule has 90 valence electrons. The fraction of sp³-hybridized carbons (Fsp3) is 0.538. The molecule has 0 aliphatic heterocycles. The van der Waals surface area contributed by atoms with E-state index in [-0.39, 0.29) is 6.61 Å². The molecule has 0 bridgehead atoms. The van der Waals surface area contributed by atoms with Crippen molar-refractivity contribution < 1.29 is 5.11 Å². The van der Waals surface area contributed by atoms with Crippen LogP contribution in [-0.4, -0.2) is 23.0 Å². The number of rotatable bonds is 5. The van der Waals surface area contributed by atoms with Gasteiger partial charge < -0.3 is 10.8 Å². The van der Waals surface area contributed by atoms with Gasteiger partial charge in [0.2, 0.25) is 0 Å². The minimum absolute atomic E-state index is 0.0421. The molecule has 1 rings (SSSR count). The van der Waals surface area contributed by atoms with E-state index in [1.54, 1.807) is 11.8 Å². The molecule has 1 aromatic rings. The van der Waals surface area contributed by atoms with Crippen LogP contribution in [0.3, 0.4) is 0 Å². The van der Waals surface area contributed by atoms with E-state index in [4.69, 9.17) is 10.8 Å². The van der Waals surface area contributed by atoms with Gasteiger partial charge in [0.05, 0.1) is 6.61 Å². The van der Waals surface area contributed by atoms with E-state index in [0.717, 1.165) is 12.2 Å². The van der Waals surface area contributed by atoms with Crippen LogP contribution >= 0.6 is 11.8 Å². The Morgan fingerprint density at radius 1 is 1.38 bits per heavy atom. The normalized spacial score (nSPS) is 14.8. The Morgan fingerprint density at radius 2 is 2.06 bits per heavy atom. The topological polar surface area (TPSA) is 46.2 Å². The smallest absolute Gasteiger partial charge is 0.0608 e. The third-order valence-electron chi connectivity index (χ3n) is 2.62. The van der Waals surface area contributed by atoms with Gasteiger partial charge in [-0.25, -0.2) is 0 Å². The Balaban J connectivity index is 2.49. The van der Waals surface area contributed by atoms with Crippen molar-refractivity contribution in [3.63, 3.8) is 0 Å². The van der Waals surface area contributed by atoms with Crippen molar-refractivity contribution in [2.24, 2.45) is 5.73 Å². The maximum absolute atomic E-state index is 9.05. The first-order valence-corrected chi connectivity index (χ1v) is 6.53. The first-order valence-electron chi connectivity index (χ1n) is 5.54. The molecule has 0 saturated heterocycles. The molecule has 0 spiro atoms. The van der Waals surface area contributed by atoms with E-state index in [1.807, 2.05) is 6.92 Å². The lowest BCUT2D eigenvalue weighted by atomic mass is 10.0. The van der Waals surface area contributed by atoms with Crippen molar-refractivity contribution >= 4 is 11.8 Å². The Bertz CT molecular complexity index is 350. The molecule has 16 heavy (non-hydrogen) atoms. The Hall–Kier alpha value is -0.510. The van der Waals surface area contributed by atoms with Crippen molar-refractivity contribution in [3.05, 3.63) is 29.3 Å². The Morgan fingerprint density at radius 3 is 2.62 bits per heavy atom. The van der Waals surface area contributed by atoms with Crippen LogP contribution in [0.5, 0.6) is 0 Å². The number of nitrogens with two attached hydrogens (primary N) is 1. The zero-order valence-corrected chi connectivity index (χ0v) is 11.1. The van der Waals surface area contributed by atoms with Crippen LogP contribution in [0.1, 0.15) is 24.5 Å². The molecule has 0 radical (unpaired) electrons. The number of benzene rings is 1. The number of thioether (sulfide) groups is 1. The van der Waals surface area contributed by atoms with Gasteiger partial charge >= 0.3 is 0 Å². The molecule has 0 aliphatic rings. The zero-order valence-electron chi connectivity index (χ0n) is 10.3. The molecule has 0 aromatic heterocycles. The monoisotopic (exact) mass is 239 g/mol. The molecule has 0 aliphatic carbocycles. The first kappa shape index (κ1) is 13.6. The van der Waals surface area contributed by atoms with Crippen LogP contribution in [0, 0.1) is 13.8 Å². The number of hydrogen-bond acceptors (Lipinski definition) is 3.